The molecule has 0 radical (unpaired) electrons. The highest BCUT2D eigenvalue weighted by atomic mass is 32.1. The predicted molar refractivity (Wildman–Crippen MR) is 126 cm³/mol. The first-order valence-electron chi connectivity index (χ1n) is 10.8. The summed E-state index contributed by atoms with van der Waals surface area (Å²) in [6, 6.07) is 16.5. The molecular weight excluding hydrogens is 427 g/mol. The molecular formula is C26H29FO4S. The second kappa shape index (κ2) is 10.9. The first-order valence-corrected chi connectivity index (χ1v) is 11.6. The van der Waals surface area contributed by atoms with Crippen molar-refractivity contribution in [3.63, 3.8) is 0 Å². The number of rotatable bonds is 10. The molecule has 0 aliphatic rings. The predicted octanol–water partition coefficient (Wildman–Crippen LogP) is 5.86. The molecule has 3 rings (SSSR count). The van der Waals surface area contributed by atoms with Crippen molar-refractivity contribution in [3.8, 4) is 21.6 Å². The van der Waals surface area contributed by atoms with Crippen LogP contribution in [0, 0.1) is 5.82 Å². The van der Waals surface area contributed by atoms with Gasteiger partial charge in [0.2, 0.25) is 0 Å². The lowest BCUT2D eigenvalue weighted by atomic mass is 9.91. The van der Waals surface area contributed by atoms with Crippen LogP contribution >= 0.6 is 11.3 Å². The molecule has 0 fully saturated rings. The van der Waals surface area contributed by atoms with Gasteiger partial charge < -0.3 is 15.3 Å². The molecule has 2 atom stereocenters. The number of hydrogen-bond donors (Lipinski definition) is 3. The molecule has 6 heteroatoms. The summed E-state index contributed by atoms with van der Waals surface area (Å²) in [6.45, 7) is 4.26. The highest BCUT2D eigenvalue weighted by Crippen LogP contribution is 2.46. The monoisotopic (exact) mass is 456 g/mol. The third kappa shape index (κ3) is 6.03. The van der Waals surface area contributed by atoms with Gasteiger partial charge in [0.1, 0.15) is 5.82 Å². The van der Waals surface area contributed by atoms with Gasteiger partial charge in [-0.25, -0.2) is 4.39 Å². The Kier molecular flexibility index (Phi) is 8.18. The minimum atomic E-state index is -1.09. The summed E-state index contributed by atoms with van der Waals surface area (Å²) in [7, 11) is 0. The van der Waals surface area contributed by atoms with Crippen LogP contribution < -0.4 is 0 Å². The van der Waals surface area contributed by atoms with Gasteiger partial charge in [-0.1, -0.05) is 56.3 Å². The summed E-state index contributed by atoms with van der Waals surface area (Å²) >= 11 is 1.72. The Bertz CT molecular complexity index is 1030. The summed E-state index contributed by atoms with van der Waals surface area (Å²) in [4.78, 5) is 13.1. The molecule has 1 heterocycles. The summed E-state index contributed by atoms with van der Waals surface area (Å²) in [5.74, 6) is -1.11. The van der Waals surface area contributed by atoms with Crippen LogP contribution in [0.25, 0.3) is 21.6 Å². The first-order chi connectivity index (χ1) is 15.3. The number of aliphatic hydroxyl groups excluding tert-OH is 2. The number of carboxylic acid groups (broad SMARTS) is 1. The van der Waals surface area contributed by atoms with E-state index in [1.807, 2.05) is 18.2 Å². The number of benzene rings is 2. The lowest BCUT2D eigenvalue weighted by Crippen LogP contribution is -2.21. The van der Waals surface area contributed by atoms with Crippen LogP contribution in [0.15, 0.2) is 54.6 Å². The molecule has 2 unspecified atom stereocenters. The molecule has 0 saturated carbocycles. The number of carbonyl (C=O) groups is 1. The van der Waals surface area contributed by atoms with Crippen LogP contribution in [0.4, 0.5) is 4.39 Å². The van der Waals surface area contributed by atoms with Crippen LogP contribution in [0.5, 0.6) is 0 Å². The SMILES string of the molecule is CC(C)c1sc(-c2ccccc2)c(-c2ccc(F)cc2)c1CCC(O)CC(O)CC(=O)O. The maximum absolute atomic E-state index is 13.6. The van der Waals surface area contributed by atoms with Crippen molar-refractivity contribution < 1.29 is 24.5 Å². The second-order valence-electron chi connectivity index (χ2n) is 8.36. The molecule has 0 aliphatic heterocycles. The fourth-order valence-corrected chi connectivity index (χ4v) is 5.32. The number of carboxylic acids is 1. The Morgan fingerprint density at radius 2 is 1.62 bits per heavy atom. The molecule has 4 nitrogen and oxygen atoms in total. The minimum absolute atomic E-state index is 0.0187. The molecule has 170 valence electrons. The van der Waals surface area contributed by atoms with E-state index in [1.165, 1.54) is 17.0 Å². The first kappa shape index (κ1) is 24.1. The average molecular weight is 457 g/mol. The van der Waals surface area contributed by atoms with Crippen LogP contribution in [0.2, 0.25) is 0 Å². The highest BCUT2D eigenvalue weighted by Gasteiger charge is 2.23. The van der Waals surface area contributed by atoms with Gasteiger partial charge >= 0.3 is 5.97 Å². The van der Waals surface area contributed by atoms with Crippen molar-refractivity contribution >= 4 is 17.3 Å². The Morgan fingerprint density at radius 1 is 0.969 bits per heavy atom. The summed E-state index contributed by atoms with van der Waals surface area (Å²) in [5, 5.41) is 29.1. The fourth-order valence-electron chi connectivity index (χ4n) is 3.94. The zero-order valence-corrected chi connectivity index (χ0v) is 19.1. The maximum atomic E-state index is 13.6. The molecule has 1 aromatic heterocycles. The topological polar surface area (TPSA) is 77.8 Å². The van der Waals surface area contributed by atoms with Gasteiger partial charge in [-0.3, -0.25) is 4.79 Å². The van der Waals surface area contributed by atoms with E-state index in [9.17, 15) is 19.4 Å². The normalized spacial score (nSPS) is 13.3. The van der Waals surface area contributed by atoms with E-state index in [1.54, 1.807) is 23.5 Å². The van der Waals surface area contributed by atoms with E-state index in [0.717, 1.165) is 27.1 Å². The summed E-state index contributed by atoms with van der Waals surface area (Å²) in [6.07, 6.45) is -1.28. The van der Waals surface area contributed by atoms with Crippen molar-refractivity contribution in [2.45, 2.75) is 57.7 Å². The van der Waals surface area contributed by atoms with Crippen LogP contribution in [-0.2, 0) is 11.2 Å². The Hall–Kier alpha value is -2.54. The molecule has 0 bridgehead atoms. The largest absolute Gasteiger partial charge is 0.481 e. The van der Waals surface area contributed by atoms with E-state index >= 15 is 0 Å². The van der Waals surface area contributed by atoms with Crippen LogP contribution in [0.3, 0.4) is 0 Å². The maximum Gasteiger partial charge on any atom is 0.305 e. The third-order valence-electron chi connectivity index (χ3n) is 5.41. The lowest BCUT2D eigenvalue weighted by Gasteiger charge is -2.16. The number of thiophene rings is 1. The zero-order chi connectivity index (χ0) is 23.3. The van der Waals surface area contributed by atoms with Crippen molar-refractivity contribution in [3.05, 3.63) is 70.9 Å². The van der Waals surface area contributed by atoms with Gasteiger partial charge in [-0.15, -0.1) is 11.3 Å². The highest BCUT2D eigenvalue weighted by molar-refractivity contribution is 7.16. The Balaban J connectivity index is 1.99. The molecule has 3 N–H and O–H groups in total. The molecule has 2 aromatic carbocycles. The van der Waals surface area contributed by atoms with Gasteiger partial charge in [-0.2, -0.15) is 0 Å². The summed E-state index contributed by atoms with van der Waals surface area (Å²) in [5.41, 5.74) is 4.16. The molecule has 32 heavy (non-hydrogen) atoms. The molecule has 0 aliphatic carbocycles. The van der Waals surface area contributed by atoms with Gasteiger partial charge in [0, 0.05) is 15.3 Å². The van der Waals surface area contributed by atoms with Crippen LogP contribution in [0.1, 0.15) is 49.5 Å². The molecule has 0 saturated heterocycles. The van der Waals surface area contributed by atoms with Crippen molar-refractivity contribution in [1.82, 2.24) is 0 Å². The fraction of sp³-hybridized carbons (Fsp3) is 0.346. The van der Waals surface area contributed by atoms with Crippen molar-refractivity contribution in [1.29, 1.82) is 0 Å². The lowest BCUT2D eigenvalue weighted by molar-refractivity contribution is -0.139. The second-order valence-corrected chi connectivity index (χ2v) is 9.41. The average Bonchev–Trinajstić information content (AvgIpc) is 3.12. The summed E-state index contributed by atoms with van der Waals surface area (Å²) < 4.78 is 13.6. The standard InChI is InChI=1S/C26H29FO4S/c1-16(2)25-22(13-12-20(28)14-21(29)15-23(30)31)24(17-8-10-19(27)11-9-17)26(32-25)18-6-4-3-5-7-18/h3-11,16,20-21,28-29H,12-15H2,1-2H3,(H,30,31). The Morgan fingerprint density at radius 3 is 2.22 bits per heavy atom. The number of aliphatic hydroxyl groups is 2. The molecule has 3 aromatic rings. The smallest absolute Gasteiger partial charge is 0.305 e. The van der Waals surface area contributed by atoms with Gasteiger partial charge in [0.15, 0.2) is 0 Å². The number of aliphatic carboxylic acids is 1. The van der Waals surface area contributed by atoms with E-state index in [-0.39, 0.29) is 24.6 Å². The van der Waals surface area contributed by atoms with E-state index < -0.39 is 18.2 Å². The molecule has 0 amide bonds. The van der Waals surface area contributed by atoms with Gasteiger partial charge in [0.05, 0.1) is 18.6 Å². The molecule has 0 spiro atoms. The van der Waals surface area contributed by atoms with E-state index in [2.05, 4.69) is 26.0 Å². The minimum Gasteiger partial charge on any atom is -0.481 e. The van der Waals surface area contributed by atoms with E-state index in [0.29, 0.717) is 12.8 Å². The zero-order valence-electron chi connectivity index (χ0n) is 18.3. The third-order valence-corrected chi connectivity index (χ3v) is 7.00. The van der Waals surface area contributed by atoms with Crippen molar-refractivity contribution in [2.75, 3.05) is 0 Å². The van der Waals surface area contributed by atoms with Crippen molar-refractivity contribution in [2.24, 2.45) is 0 Å². The Labute approximate surface area is 192 Å². The van der Waals surface area contributed by atoms with Gasteiger partial charge in [0.25, 0.3) is 0 Å². The van der Waals surface area contributed by atoms with Gasteiger partial charge in [-0.05, 0) is 54.0 Å². The number of halogens is 1. The van der Waals surface area contributed by atoms with Crippen LogP contribution in [-0.4, -0.2) is 33.5 Å². The number of hydrogen-bond acceptors (Lipinski definition) is 4. The quantitative estimate of drug-likeness (QED) is 0.357. The van der Waals surface area contributed by atoms with E-state index in [4.69, 9.17) is 5.11 Å².